The summed E-state index contributed by atoms with van der Waals surface area (Å²) in [6, 6.07) is 4.07. The molecule has 0 atom stereocenters. The van der Waals surface area contributed by atoms with Crippen LogP contribution in [0.5, 0.6) is 0 Å². The van der Waals surface area contributed by atoms with E-state index in [-0.39, 0.29) is 5.84 Å². The topological polar surface area (TPSA) is 93.5 Å². The number of aromatic nitrogens is 4. The lowest BCUT2D eigenvalue weighted by Gasteiger charge is -2.06. The minimum absolute atomic E-state index is 0.192. The van der Waals surface area contributed by atoms with Crippen molar-refractivity contribution in [3.05, 3.63) is 29.6 Å². The van der Waals surface area contributed by atoms with Gasteiger partial charge in [-0.05, 0) is 40.4 Å². The Morgan fingerprint density at radius 2 is 2.29 bits per heavy atom. The van der Waals surface area contributed by atoms with Gasteiger partial charge in [0, 0.05) is 17.5 Å². The van der Waals surface area contributed by atoms with Crippen LogP contribution in [-0.4, -0.2) is 26.0 Å². The number of benzene rings is 1. The summed E-state index contributed by atoms with van der Waals surface area (Å²) in [7, 11) is 1.69. The Morgan fingerprint density at radius 1 is 1.53 bits per heavy atom. The van der Waals surface area contributed by atoms with Gasteiger partial charge in [-0.15, -0.1) is 5.10 Å². The van der Waals surface area contributed by atoms with Crippen molar-refractivity contribution < 1.29 is 4.39 Å². The highest BCUT2D eigenvalue weighted by Gasteiger charge is 2.11. The van der Waals surface area contributed by atoms with E-state index in [0.29, 0.717) is 15.6 Å². The Labute approximate surface area is 101 Å². The molecule has 1 aromatic carbocycles. The number of nitrogens with zero attached hydrogens (tertiary/aromatic N) is 4. The molecule has 0 unspecified atom stereocenters. The van der Waals surface area contributed by atoms with Crippen LogP contribution in [0.3, 0.4) is 0 Å². The van der Waals surface area contributed by atoms with Crippen molar-refractivity contribution in [1.29, 1.82) is 5.41 Å². The Hall–Kier alpha value is -1.96. The van der Waals surface area contributed by atoms with Crippen molar-refractivity contribution >= 4 is 17.6 Å². The zero-order chi connectivity index (χ0) is 12.4. The second-order valence-electron chi connectivity index (χ2n) is 3.24. The zero-order valence-corrected chi connectivity index (χ0v) is 9.70. The first-order valence-electron chi connectivity index (χ1n) is 4.62. The summed E-state index contributed by atoms with van der Waals surface area (Å²) in [6.07, 6.45) is 0. The summed E-state index contributed by atoms with van der Waals surface area (Å²) < 4.78 is 14.5. The number of hydrogen-bond donors (Lipinski definition) is 2. The molecule has 6 nitrogen and oxygen atoms in total. The summed E-state index contributed by atoms with van der Waals surface area (Å²) in [4.78, 5) is 0.636. The first kappa shape index (κ1) is 11.5. The van der Waals surface area contributed by atoms with Crippen molar-refractivity contribution in [3.63, 3.8) is 0 Å². The van der Waals surface area contributed by atoms with Crippen molar-refractivity contribution in [2.45, 2.75) is 10.1 Å². The molecule has 0 fully saturated rings. The highest BCUT2D eigenvalue weighted by molar-refractivity contribution is 7.99. The fraction of sp³-hybridized carbons (Fsp3) is 0.111. The van der Waals surface area contributed by atoms with E-state index in [1.165, 1.54) is 28.6 Å². The van der Waals surface area contributed by atoms with E-state index < -0.39 is 5.82 Å². The molecule has 0 aliphatic rings. The maximum atomic E-state index is 13.1. The molecule has 3 N–H and O–H groups in total. The van der Waals surface area contributed by atoms with Crippen molar-refractivity contribution in [2.75, 3.05) is 0 Å². The first-order chi connectivity index (χ1) is 8.08. The molecule has 0 bridgehead atoms. The zero-order valence-electron chi connectivity index (χ0n) is 8.88. The van der Waals surface area contributed by atoms with Crippen molar-refractivity contribution in [3.8, 4) is 0 Å². The summed E-state index contributed by atoms with van der Waals surface area (Å²) in [6.45, 7) is 0. The number of nitrogens with one attached hydrogen (secondary N) is 1. The Balaban J connectivity index is 2.39. The molecule has 0 saturated carbocycles. The Bertz CT molecular complexity index is 566. The summed E-state index contributed by atoms with van der Waals surface area (Å²) >= 11 is 1.22. The standard InChI is InChI=1S/C9H9FN6S/c1-16-9(13-14-15-16)17-7-3-2-5(10)4-6(7)8(11)12/h2-4H,1H3,(H3,11,12). The molecular weight excluding hydrogens is 243 g/mol. The smallest absolute Gasteiger partial charge is 0.213 e. The maximum Gasteiger partial charge on any atom is 0.213 e. The quantitative estimate of drug-likeness (QED) is 0.622. The van der Waals surface area contributed by atoms with Crippen LogP contribution in [0.1, 0.15) is 5.56 Å². The first-order valence-corrected chi connectivity index (χ1v) is 5.43. The fourth-order valence-electron chi connectivity index (χ4n) is 1.21. The highest BCUT2D eigenvalue weighted by Crippen LogP contribution is 2.28. The van der Waals surface area contributed by atoms with Gasteiger partial charge in [0.15, 0.2) is 0 Å². The molecule has 1 aromatic heterocycles. The third-order valence-corrected chi connectivity index (χ3v) is 3.12. The molecule has 0 aliphatic heterocycles. The third kappa shape index (κ3) is 2.41. The Kier molecular flexibility index (Phi) is 3.05. The molecule has 2 rings (SSSR count). The average molecular weight is 252 g/mol. The Morgan fingerprint density at radius 3 is 2.88 bits per heavy atom. The number of hydrogen-bond acceptors (Lipinski definition) is 5. The van der Waals surface area contributed by atoms with Gasteiger partial charge in [0.1, 0.15) is 11.7 Å². The lowest BCUT2D eigenvalue weighted by molar-refractivity contribution is 0.626. The number of tetrazole rings is 1. The van der Waals surface area contributed by atoms with E-state index in [0.717, 1.165) is 0 Å². The lowest BCUT2D eigenvalue weighted by Crippen LogP contribution is -2.12. The van der Waals surface area contributed by atoms with Crippen LogP contribution in [0.2, 0.25) is 0 Å². The SMILES string of the molecule is Cn1nnnc1Sc1ccc(F)cc1C(=N)N. The number of aryl methyl sites for hydroxylation is 1. The van der Waals surface area contributed by atoms with Crippen LogP contribution in [0, 0.1) is 11.2 Å². The fourth-order valence-corrected chi connectivity index (χ4v) is 2.07. The van der Waals surface area contributed by atoms with Gasteiger partial charge in [0.05, 0.1) is 0 Å². The van der Waals surface area contributed by atoms with Crippen molar-refractivity contribution in [2.24, 2.45) is 12.8 Å². The monoisotopic (exact) mass is 252 g/mol. The predicted octanol–water partition coefficient (Wildman–Crippen LogP) is 0.784. The summed E-state index contributed by atoms with van der Waals surface area (Å²) in [5.74, 6) is -0.627. The second-order valence-corrected chi connectivity index (χ2v) is 4.25. The number of amidine groups is 1. The van der Waals surface area contributed by atoms with Crippen molar-refractivity contribution in [1.82, 2.24) is 20.2 Å². The predicted molar refractivity (Wildman–Crippen MR) is 60.3 cm³/mol. The van der Waals surface area contributed by atoms with Crippen LogP contribution in [-0.2, 0) is 7.05 Å². The molecule has 0 radical (unpaired) electrons. The van der Waals surface area contributed by atoms with Gasteiger partial charge >= 0.3 is 0 Å². The molecule has 0 aliphatic carbocycles. The van der Waals surface area contributed by atoms with Crippen LogP contribution < -0.4 is 5.73 Å². The number of nitrogens with two attached hydrogens (primary N) is 1. The normalized spacial score (nSPS) is 10.5. The van der Waals surface area contributed by atoms with Gasteiger partial charge in [-0.25, -0.2) is 9.07 Å². The molecule has 0 amide bonds. The number of nitrogen functional groups attached to an aromatic ring is 1. The third-order valence-electron chi connectivity index (χ3n) is 2.01. The molecule has 1 heterocycles. The van der Waals surface area contributed by atoms with Crippen LogP contribution in [0.25, 0.3) is 0 Å². The number of halogens is 1. The van der Waals surface area contributed by atoms with E-state index in [2.05, 4.69) is 15.5 Å². The minimum Gasteiger partial charge on any atom is -0.384 e. The molecule has 88 valence electrons. The average Bonchev–Trinajstić information content (AvgIpc) is 2.67. The summed E-state index contributed by atoms with van der Waals surface area (Å²) in [5, 5.41) is 18.9. The largest absolute Gasteiger partial charge is 0.384 e. The summed E-state index contributed by atoms with van der Waals surface area (Å²) in [5.41, 5.74) is 5.73. The van der Waals surface area contributed by atoms with Crippen LogP contribution in [0.4, 0.5) is 4.39 Å². The van der Waals surface area contributed by atoms with Gasteiger partial charge in [-0.3, -0.25) is 5.41 Å². The molecule has 8 heteroatoms. The van der Waals surface area contributed by atoms with Gasteiger partial charge in [0.2, 0.25) is 5.16 Å². The van der Waals surface area contributed by atoms with Crippen LogP contribution in [0.15, 0.2) is 28.3 Å². The van der Waals surface area contributed by atoms with E-state index in [9.17, 15) is 4.39 Å². The lowest BCUT2D eigenvalue weighted by atomic mass is 10.2. The van der Waals surface area contributed by atoms with Gasteiger partial charge in [-0.2, -0.15) is 0 Å². The van der Waals surface area contributed by atoms with Gasteiger partial charge in [-0.1, -0.05) is 0 Å². The molecule has 0 saturated heterocycles. The second kappa shape index (κ2) is 4.50. The molecule has 2 aromatic rings. The maximum absolute atomic E-state index is 13.1. The molecule has 17 heavy (non-hydrogen) atoms. The minimum atomic E-state index is -0.435. The number of rotatable bonds is 3. The molecule has 0 spiro atoms. The van der Waals surface area contributed by atoms with Gasteiger partial charge < -0.3 is 5.73 Å². The van der Waals surface area contributed by atoms with Gasteiger partial charge in [0.25, 0.3) is 0 Å². The highest BCUT2D eigenvalue weighted by atomic mass is 32.2. The van der Waals surface area contributed by atoms with E-state index in [1.807, 2.05) is 0 Å². The van der Waals surface area contributed by atoms with E-state index in [4.69, 9.17) is 11.1 Å². The van der Waals surface area contributed by atoms with E-state index in [1.54, 1.807) is 13.1 Å². The van der Waals surface area contributed by atoms with E-state index >= 15 is 0 Å². The molecular formula is C9H9FN6S. The van der Waals surface area contributed by atoms with Crippen LogP contribution >= 0.6 is 11.8 Å².